The zero-order valence-electron chi connectivity index (χ0n) is 10.4. The maximum atomic E-state index is 11.0. The standard InChI is InChI=1S/C13H9BrN4O2/c1-8-3-2-4-11(10(8)6-15)17-13-12(18(19)20)5-9(14)7-16-13/h2-5,7H,1H3,(H,16,17). The highest BCUT2D eigenvalue weighted by molar-refractivity contribution is 9.10. The van der Waals surface area contributed by atoms with Gasteiger partial charge in [0.05, 0.1) is 16.2 Å². The molecule has 1 heterocycles. The number of anilines is 2. The summed E-state index contributed by atoms with van der Waals surface area (Å²) in [7, 11) is 0. The summed E-state index contributed by atoms with van der Waals surface area (Å²) in [5, 5.41) is 23.0. The fourth-order valence-electron chi connectivity index (χ4n) is 1.71. The number of benzene rings is 1. The molecule has 0 radical (unpaired) electrons. The van der Waals surface area contributed by atoms with E-state index in [1.54, 1.807) is 25.1 Å². The van der Waals surface area contributed by atoms with E-state index < -0.39 is 4.92 Å². The molecule has 0 atom stereocenters. The second-order valence-electron chi connectivity index (χ2n) is 4.01. The number of nitrogens with one attached hydrogen (secondary N) is 1. The Kier molecular flexibility index (Phi) is 3.96. The Hall–Kier alpha value is -2.46. The molecule has 0 bridgehead atoms. The zero-order valence-corrected chi connectivity index (χ0v) is 12.0. The van der Waals surface area contributed by atoms with Gasteiger partial charge in [0.2, 0.25) is 5.82 Å². The predicted octanol–water partition coefficient (Wildman–Crippen LogP) is 3.68. The molecular weight excluding hydrogens is 324 g/mol. The van der Waals surface area contributed by atoms with Gasteiger partial charge in [-0.25, -0.2) is 4.98 Å². The topological polar surface area (TPSA) is 91.8 Å². The van der Waals surface area contributed by atoms with E-state index in [0.717, 1.165) is 5.56 Å². The Bertz CT molecular complexity index is 725. The van der Waals surface area contributed by atoms with Crippen LogP contribution in [0.4, 0.5) is 17.2 Å². The minimum absolute atomic E-state index is 0.0975. The van der Waals surface area contributed by atoms with E-state index in [1.807, 2.05) is 0 Å². The molecule has 0 aliphatic heterocycles. The highest BCUT2D eigenvalue weighted by atomic mass is 79.9. The lowest BCUT2D eigenvalue weighted by atomic mass is 10.1. The number of nitro groups is 1. The van der Waals surface area contributed by atoms with Gasteiger partial charge in [0.15, 0.2) is 0 Å². The predicted molar refractivity (Wildman–Crippen MR) is 77.8 cm³/mol. The van der Waals surface area contributed by atoms with Gasteiger partial charge in [-0.05, 0) is 34.5 Å². The maximum Gasteiger partial charge on any atom is 0.312 e. The first-order chi connectivity index (χ1) is 9.52. The first-order valence-electron chi connectivity index (χ1n) is 5.59. The summed E-state index contributed by atoms with van der Waals surface area (Å²) in [6, 6.07) is 8.68. The van der Waals surface area contributed by atoms with Crippen molar-refractivity contribution >= 4 is 33.1 Å². The van der Waals surface area contributed by atoms with E-state index >= 15 is 0 Å². The number of hydrogen-bond acceptors (Lipinski definition) is 5. The molecule has 0 unspecified atom stereocenters. The molecule has 1 aromatic heterocycles. The average Bonchev–Trinajstić information content (AvgIpc) is 2.41. The highest BCUT2D eigenvalue weighted by Crippen LogP contribution is 2.29. The van der Waals surface area contributed by atoms with Crippen molar-refractivity contribution in [2.45, 2.75) is 6.92 Å². The van der Waals surface area contributed by atoms with Crippen molar-refractivity contribution in [3.63, 3.8) is 0 Å². The Balaban J connectivity index is 2.49. The molecule has 1 N–H and O–H groups in total. The van der Waals surface area contributed by atoms with E-state index in [4.69, 9.17) is 5.26 Å². The van der Waals surface area contributed by atoms with Crippen molar-refractivity contribution in [1.29, 1.82) is 5.26 Å². The lowest BCUT2D eigenvalue weighted by Crippen LogP contribution is -2.01. The molecule has 0 aliphatic carbocycles. The van der Waals surface area contributed by atoms with Gasteiger partial charge in [-0.2, -0.15) is 5.26 Å². The van der Waals surface area contributed by atoms with Crippen molar-refractivity contribution in [1.82, 2.24) is 4.98 Å². The smallest absolute Gasteiger partial charge is 0.312 e. The van der Waals surface area contributed by atoms with Gasteiger partial charge in [0.25, 0.3) is 0 Å². The Morgan fingerprint density at radius 2 is 2.25 bits per heavy atom. The minimum Gasteiger partial charge on any atom is -0.333 e. The largest absolute Gasteiger partial charge is 0.333 e. The van der Waals surface area contributed by atoms with Crippen molar-refractivity contribution < 1.29 is 4.92 Å². The van der Waals surface area contributed by atoms with Crippen LogP contribution < -0.4 is 5.32 Å². The summed E-state index contributed by atoms with van der Waals surface area (Å²) >= 11 is 3.14. The van der Waals surface area contributed by atoms with Crippen LogP contribution in [0.1, 0.15) is 11.1 Å². The maximum absolute atomic E-state index is 11.0. The summed E-state index contributed by atoms with van der Waals surface area (Å²) in [4.78, 5) is 14.5. The lowest BCUT2D eigenvalue weighted by molar-refractivity contribution is -0.384. The number of hydrogen-bond donors (Lipinski definition) is 1. The number of pyridine rings is 1. The number of halogens is 1. The second-order valence-corrected chi connectivity index (χ2v) is 4.93. The summed E-state index contributed by atoms with van der Waals surface area (Å²) in [5.41, 5.74) is 1.55. The van der Waals surface area contributed by atoms with Gasteiger partial charge < -0.3 is 5.32 Å². The van der Waals surface area contributed by atoms with Gasteiger partial charge in [0, 0.05) is 16.7 Å². The summed E-state index contributed by atoms with van der Waals surface area (Å²) in [5.74, 6) is 0.0975. The van der Waals surface area contributed by atoms with Crippen LogP contribution in [-0.2, 0) is 0 Å². The molecule has 7 heteroatoms. The van der Waals surface area contributed by atoms with Gasteiger partial charge in [-0.3, -0.25) is 10.1 Å². The van der Waals surface area contributed by atoms with Crippen molar-refractivity contribution in [2.24, 2.45) is 0 Å². The fourth-order valence-corrected chi connectivity index (χ4v) is 2.03. The highest BCUT2D eigenvalue weighted by Gasteiger charge is 2.17. The molecule has 2 aromatic rings. The van der Waals surface area contributed by atoms with E-state index in [1.165, 1.54) is 12.3 Å². The molecule has 6 nitrogen and oxygen atoms in total. The minimum atomic E-state index is -0.526. The molecule has 0 saturated heterocycles. The molecule has 100 valence electrons. The van der Waals surface area contributed by atoms with Crippen LogP contribution in [0.25, 0.3) is 0 Å². The SMILES string of the molecule is Cc1cccc(Nc2ncc(Br)cc2[N+](=O)[O-])c1C#N. The molecular formula is C13H9BrN4O2. The van der Waals surface area contributed by atoms with Crippen LogP contribution in [0.3, 0.4) is 0 Å². The van der Waals surface area contributed by atoms with Crippen molar-refractivity contribution in [3.8, 4) is 6.07 Å². The average molecular weight is 333 g/mol. The van der Waals surface area contributed by atoms with Crippen LogP contribution in [0.5, 0.6) is 0 Å². The van der Waals surface area contributed by atoms with E-state index in [0.29, 0.717) is 15.7 Å². The number of aryl methyl sites for hydroxylation is 1. The molecule has 20 heavy (non-hydrogen) atoms. The zero-order chi connectivity index (χ0) is 14.7. The van der Waals surface area contributed by atoms with E-state index in [9.17, 15) is 10.1 Å². The van der Waals surface area contributed by atoms with Crippen LogP contribution in [0.15, 0.2) is 34.9 Å². The normalized spacial score (nSPS) is 9.85. The third-order valence-corrected chi connectivity index (χ3v) is 3.10. The fraction of sp³-hybridized carbons (Fsp3) is 0.0769. The first-order valence-corrected chi connectivity index (χ1v) is 6.39. The lowest BCUT2D eigenvalue weighted by Gasteiger charge is -2.09. The third kappa shape index (κ3) is 2.75. The van der Waals surface area contributed by atoms with Gasteiger partial charge in [-0.15, -0.1) is 0 Å². The monoisotopic (exact) mass is 332 g/mol. The molecule has 0 spiro atoms. The van der Waals surface area contributed by atoms with Crippen LogP contribution in [0, 0.1) is 28.4 Å². The molecule has 2 rings (SSSR count). The number of rotatable bonds is 3. The van der Waals surface area contributed by atoms with Crippen molar-refractivity contribution in [2.75, 3.05) is 5.32 Å². The first kappa shape index (κ1) is 14.0. The van der Waals surface area contributed by atoms with E-state index in [2.05, 4.69) is 32.3 Å². The van der Waals surface area contributed by atoms with E-state index in [-0.39, 0.29) is 11.5 Å². The molecule has 0 fully saturated rings. The molecule has 0 aliphatic rings. The second kappa shape index (κ2) is 5.67. The Labute approximate surface area is 123 Å². The van der Waals surface area contributed by atoms with Crippen LogP contribution in [0.2, 0.25) is 0 Å². The van der Waals surface area contributed by atoms with Crippen molar-refractivity contribution in [3.05, 3.63) is 56.2 Å². The number of nitrogens with zero attached hydrogens (tertiary/aromatic N) is 3. The number of aromatic nitrogens is 1. The third-order valence-electron chi connectivity index (χ3n) is 2.67. The van der Waals surface area contributed by atoms with Crippen LogP contribution in [-0.4, -0.2) is 9.91 Å². The van der Waals surface area contributed by atoms with Gasteiger partial charge >= 0.3 is 5.69 Å². The quantitative estimate of drug-likeness (QED) is 0.683. The van der Waals surface area contributed by atoms with Crippen LogP contribution >= 0.6 is 15.9 Å². The van der Waals surface area contributed by atoms with Gasteiger partial charge in [-0.1, -0.05) is 12.1 Å². The summed E-state index contributed by atoms with van der Waals surface area (Å²) < 4.78 is 0.513. The Morgan fingerprint density at radius 1 is 1.50 bits per heavy atom. The number of nitriles is 1. The summed E-state index contributed by atoms with van der Waals surface area (Å²) in [6.07, 6.45) is 1.46. The summed E-state index contributed by atoms with van der Waals surface area (Å²) in [6.45, 7) is 1.80. The molecule has 0 saturated carbocycles. The Morgan fingerprint density at radius 3 is 2.90 bits per heavy atom. The molecule has 1 aromatic carbocycles. The molecule has 0 amide bonds. The van der Waals surface area contributed by atoms with Gasteiger partial charge in [0.1, 0.15) is 6.07 Å².